The molecule has 0 aromatic rings. The van der Waals surface area contributed by atoms with E-state index < -0.39 is 0 Å². The van der Waals surface area contributed by atoms with Gasteiger partial charge in [-0.3, -0.25) is 0 Å². The van der Waals surface area contributed by atoms with Crippen molar-refractivity contribution in [2.45, 2.75) is 0 Å². The zero-order valence-electron chi connectivity index (χ0n) is 4.77. The average molecular weight is 90.1 g/mol. The van der Waals surface area contributed by atoms with Crippen LogP contribution in [-0.2, 0) is 4.74 Å². The van der Waals surface area contributed by atoms with Crippen LogP contribution in [0.15, 0.2) is 18.7 Å². The molecule has 0 aliphatic carbocycles. The molecule has 1 nitrogen and oxygen atoms in total. The number of allylic oxidation sites excluding steroid dienone is 2. The van der Waals surface area contributed by atoms with Crippen molar-refractivity contribution in [3.8, 4) is 0 Å². The van der Waals surface area contributed by atoms with E-state index in [1.807, 2.05) is 0 Å². The summed E-state index contributed by atoms with van der Waals surface area (Å²) < 4.78 is 4.41. The number of hydrogen-bond acceptors (Lipinski definition) is 1. The van der Waals surface area contributed by atoms with Gasteiger partial charge in [0.05, 0.1) is 7.11 Å². The molecule has 0 heterocycles. The van der Waals surface area contributed by atoms with Gasteiger partial charge in [0.25, 0.3) is 0 Å². The maximum atomic E-state index is 4.41. The van der Waals surface area contributed by atoms with Crippen LogP contribution in [0, 0.1) is 6.26 Å². The molecular formula is C5H7LiO. The zero-order valence-corrected chi connectivity index (χ0v) is 4.77. The molecule has 0 aromatic heterocycles. The van der Waals surface area contributed by atoms with Gasteiger partial charge in [0.15, 0.2) is 0 Å². The Balaban J connectivity index is 0. The second-order valence-electron chi connectivity index (χ2n) is 0.724. The van der Waals surface area contributed by atoms with Gasteiger partial charge in [-0.05, 0) is 0 Å². The van der Waals surface area contributed by atoms with Crippen LogP contribution in [0.4, 0.5) is 0 Å². The maximum Gasteiger partial charge on any atom is 1.00 e. The fourth-order valence-corrected chi connectivity index (χ4v) is 0.116. The van der Waals surface area contributed by atoms with Gasteiger partial charge in [-0.15, -0.1) is 0 Å². The molecule has 0 unspecified atom stereocenters. The Labute approximate surface area is 56.2 Å². The minimum Gasteiger partial charge on any atom is -0.596 e. The predicted molar refractivity (Wildman–Crippen MR) is 25.0 cm³/mol. The van der Waals surface area contributed by atoms with Gasteiger partial charge in [0, 0.05) is 0 Å². The van der Waals surface area contributed by atoms with E-state index in [9.17, 15) is 0 Å². The summed E-state index contributed by atoms with van der Waals surface area (Å²) in [6.45, 7) is 3.40. The first-order valence-corrected chi connectivity index (χ1v) is 1.64. The van der Waals surface area contributed by atoms with E-state index in [0.29, 0.717) is 0 Å². The van der Waals surface area contributed by atoms with E-state index in [0.717, 1.165) is 0 Å². The van der Waals surface area contributed by atoms with E-state index in [1.165, 1.54) is 0 Å². The smallest absolute Gasteiger partial charge is 0.596 e. The van der Waals surface area contributed by atoms with Gasteiger partial charge < -0.3 is 4.74 Å². The third kappa shape index (κ3) is 10.7. The average Bonchev–Trinajstić information content (AvgIpc) is 1.61. The van der Waals surface area contributed by atoms with Gasteiger partial charge in [0.2, 0.25) is 0 Å². The second-order valence-corrected chi connectivity index (χ2v) is 0.724. The van der Waals surface area contributed by atoms with E-state index >= 15 is 0 Å². The van der Waals surface area contributed by atoms with Crippen LogP contribution >= 0.6 is 0 Å². The van der Waals surface area contributed by atoms with Crippen molar-refractivity contribution in [1.29, 1.82) is 0 Å². The Morgan fingerprint density at radius 3 is 2.43 bits per heavy atom. The zero-order chi connectivity index (χ0) is 4.83. The van der Waals surface area contributed by atoms with E-state index in [4.69, 9.17) is 0 Å². The van der Waals surface area contributed by atoms with Gasteiger partial charge in [-0.1, -0.05) is 6.26 Å². The Hall–Kier alpha value is -0.123. The molecule has 0 saturated carbocycles. The van der Waals surface area contributed by atoms with Crippen LogP contribution in [-0.4, -0.2) is 7.11 Å². The third-order valence-corrected chi connectivity index (χ3v) is 0.304. The molecule has 0 bridgehead atoms. The van der Waals surface area contributed by atoms with Crippen molar-refractivity contribution in [2.75, 3.05) is 7.11 Å². The molecule has 7 heavy (non-hydrogen) atoms. The molecule has 0 N–H and O–H groups in total. The van der Waals surface area contributed by atoms with Crippen LogP contribution in [0.25, 0.3) is 0 Å². The molecule has 0 saturated heterocycles. The Kier molecular flexibility index (Phi) is 13.3. The van der Waals surface area contributed by atoms with Crippen LogP contribution in [0.5, 0.6) is 0 Å². The van der Waals surface area contributed by atoms with Crippen molar-refractivity contribution in [3.63, 3.8) is 0 Å². The molecule has 0 aromatic carbocycles. The number of ether oxygens (including phenoxy) is 1. The van der Waals surface area contributed by atoms with Crippen molar-refractivity contribution in [2.24, 2.45) is 0 Å². The number of hydrogen-bond donors (Lipinski definition) is 0. The van der Waals surface area contributed by atoms with Gasteiger partial charge >= 0.3 is 18.9 Å². The van der Waals surface area contributed by atoms with Gasteiger partial charge in [-0.2, -0.15) is 12.7 Å². The molecule has 0 spiro atoms. The van der Waals surface area contributed by atoms with Crippen molar-refractivity contribution in [3.05, 3.63) is 25.0 Å². The first-order chi connectivity index (χ1) is 2.91. The Bertz CT molecular complexity index is 59.1. The molecule has 0 amide bonds. The summed E-state index contributed by atoms with van der Waals surface area (Å²) in [6, 6.07) is 0. The SMILES string of the molecule is C=CC=[C-]OC.[Li+]. The topological polar surface area (TPSA) is 9.23 Å². The quantitative estimate of drug-likeness (QED) is 0.167. The molecule has 0 aliphatic rings. The molecule has 34 valence electrons. The predicted octanol–water partition coefficient (Wildman–Crippen LogP) is -1.86. The Morgan fingerprint density at radius 2 is 2.29 bits per heavy atom. The van der Waals surface area contributed by atoms with Crippen molar-refractivity contribution in [1.82, 2.24) is 0 Å². The molecule has 0 radical (unpaired) electrons. The monoisotopic (exact) mass is 90.1 g/mol. The molecule has 0 atom stereocenters. The molecule has 0 rings (SSSR count). The summed E-state index contributed by atoms with van der Waals surface area (Å²) in [5.74, 6) is 0. The maximum absolute atomic E-state index is 4.41. The van der Waals surface area contributed by atoms with Crippen molar-refractivity contribution >= 4 is 0 Å². The molecule has 2 heteroatoms. The second kappa shape index (κ2) is 9.30. The van der Waals surface area contributed by atoms with E-state index in [1.54, 1.807) is 19.3 Å². The third-order valence-electron chi connectivity index (χ3n) is 0.304. The largest absolute Gasteiger partial charge is 1.00 e. The van der Waals surface area contributed by atoms with Crippen molar-refractivity contribution < 1.29 is 23.6 Å². The summed E-state index contributed by atoms with van der Waals surface area (Å²) in [5, 5.41) is 0. The fourth-order valence-electron chi connectivity index (χ4n) is 0.116. The summed E-state index contributed by atoms with van der Waals surface area (Å²) in [7, 11) is 1.54. The number of methoxy groups -OCH3 is 1. The summed E-state index contributed by atoms with van der Waals surface area (Å²) in [4.78, 5) is 0. The summed E-state index contributed by atoms with van der Waals surface area (Å²) in [5.41, 5.74) is 0. The van der Waals surface area contributed by atoms with Gasteiger partial charge in [0.1, 0.15) is 0 Å². The Morgan fingerprint density at radius 1 is 1.71 bits per heavy atom. The first kappa shape index (κ1) is 9.99. The minimum atomic E-state index is 0. The first-order valence-electron chi connectivity index (χ1n) is 1.64. The summed E-state index contributed by atoms with van der Waals surface area (Å²) in [6.07, 6.45) is 5.65. The van der Waals surface area contributed by atoms with E-state index in [-0.39, 0.29) is 18.9 Å². The van der Waals surface area contributed by atoms with E-state index in [2.05, 4.69) is 17.6 Å². The number of rotatable bonds is 2. The molecule has 0 fully saturated rings. The standard InChI is InChI=1S/C5H7O.Li/c1-3-4-5-6-2;/h3-4H,1H2,2H3;/q-1;+1. The molecular weight excluding hydrogens is 83.0 g/mol. The summed E-state index contributed by atoms with van der Waals surface area (Å²) >= 11 is 0. The van der Waals surface area contributed by atoms with Crippen LogP contribution in [0.2, 0.25) is 0 Å². The van der Waals surface area contributed by atoms with Crippen LogP contribution in [0.3, 0.4) is 0 Å². The molecule has 0 aliphatic heterocycles. The normalized spacial score (nSPS) is 7.57. The minimum absolute atomic E-state index is 0. The van der Waals surface area contributed by atoms with Crippen LogP contribution < -0.4 is 18.9 Å². The fraction of sp³-hybridized carbons (Fsp3) is 0.200. The van der Waals surface area contributed by atoms with Crippen LogP contribution in [0.1, 0.15) is 0 Å². The van der Waals surface area contributed by atoms with Gasteiger partial charge in [-0.25, -0.2) is 6.08 Å².